The predicted octanol–water partition coefficient (Wildman–Crippen LogP) is 2.26. The van der Waals surface area contributed by atoms with E-state index < -0.39 is 0 Å². The van der Waals surface area contributed by atoms with Crippen molar-refractivity contribution in [3.8, 4) is 0 Å². The van der Waals surface area contributed by atoms with Crippen LogP contribution in [0.1, 0.15) is 51.9 Å². The highest BCUT2D eigenvalue weighted by Crippen LogP contribution is 2.20. The average molecular weight is 293 g/mol. The molecule has 0 heterocycles. The summed E-state index contributed by atoms with van der Waals surface area (Å²) in [6, 6.07) is 0. The van der Waals surface area contributed by atoms with Crippen molar-refractivity contribution in [2.45, 2.75) is 64.1 Å². The molecule has 1 unspecified atom stereocenters. The van der Waals surface area contributed by atoms with Crippen LogP contribution in [0.4, 0.5) is 0 Å². The molecule has 114 valence electrons. The van der Waals surface area contributed by atoms with E-state index in [1.807, 2.05) is 14.0 Å². The van der Waals surface area contributed by atoms with Crippen LogP contribution in [-0.2, 0) is 9.53 Å². The number of hydrogen-bond acceptors (Lipinski definition) is 3. The zero-order chi connectivity index (χ0) is 13.2. The molecule has 1 rings (SSSR count). The van der Waals surface area contributed by atoms with Gasteiger partial charge in [-0.25, -0.2) is 0 Å². The van der Waals surface area contributed by atoms with E-state index in [1.165, 1.54) is 25.7 Å². The Morgan fingerprint density at radius 3 is 2.42 bits per heavy atom. The van der Waals surface area contributed by atoms with Crippen molar-refractivity contribution in [2.24, 2.45) is 0 Å². The van der Waals surface area contributed by atoms with Crippen LogP contribution in [0.25, 0.3) is 0 Å². The molecule has 1 amide bonds. The molecule has 1 aliphatic rings. The Balaban J connectivity index is 0.00000324. The van der Waals surface area contributed by atoms with E-state index in [4.69, 9.17) is 4.74 Å². The van der Waals surface area contributed by atoms with E-state index in [1.54, 1.807) is 0 Å². The van der Waals surface area contributed by atoms with Crippen LogP contribution in [0, 0.1) is 0 Å². The molecule has 1 atom stereocenters. The number of nitrogens with one attached hydrogen (secondary N) is 2. The molecule has 0 radical (unpaired) electrons. The Morgan fingerprint density at radius 1 is 1.21 bits per heavy atom. The van der Waals surface area contributed by atoms with Crippen molar-refractivity contribution >= 4 is 18.3 Å². The summed E-state index contributed by atoms with van der Waals surface area (Å²) >= 11 is 0. The first-order valence-electron chi connectivity index (χ1n) is 7.32. The number of rotatable bonds is 7. The summed E-state index contributed by atoms with van der Waals surface area (Å²) in [4.78, 5) is 11.8. The summed E-state index contributed by atoms with van der Waals surface area (Å²) in [5.41, 5.74) is 0. The first kappa shape index (κ1) is 18.7. The molecule has 0 aromatic heterocycles. The van der Waals surface area contributed by atoms with Crippen molar-refractivity contribution in [1.29, 1.82) is 0 Å². The second-order valence-electron chi connectivity index (χ2n) is 5.14. The Labute approximate surface area is 123 Å². The molecule has 1 fully saturated rings. The molecule has 0 aromatic carbocycles. The highest BCUT2D eigenvalue weighted by molar-refractivity contribution is 5.85. The maximum Gasteiger partial charge on any atom is 0.248 e. The Hall–Kier alpha value is -0.320. The van der Waals surface area contributed by atoms with Gasteiger partial charge < -0.3 is 15.4 Å². The lowest BCUT2D eigenvalue weighted by Gasteiger charge is -2.20. The number of hydrogen-bond donors (Lipinski definition) is 2. The summed E-state index contributed by atoms with van der Waals surface area (Å²) in [6.07, 6.45) is 8.23. The molecule has 1 aliphatic carbocycles. The lowest BCUT2D eigenvalue weighted by Crippen LogP contribution is -2.37. The van der Waals surface area contributed by atoms with Crippen molar-refractivity contribution in [3.05, 3.63) is 0 Å². The van der Waals surface area contributed by atoms with Gasteiger partial charge in [-0.2, -0.15) is 0 Å². The third-order valence-electron chi connectivity index (χ3n) is 3.47. The Bertz CT molecular complexity index is 231. The minimum Gasteiger partial charge on any atom is -0.365 e. The molecule has 5 heteroatoms. The van der Waals surface area contributed by atoms with Crippen LogP contribution in [0.3, 0.4) is 0 Å². The van der Waals surface area contributed by atoms with Crippen LogP contribution >= 0.6 is 12.4 Å². The molecule has 1 saturated carbocycles. The molecular formula is C14H29ClN2O2. The minimum absolute atomic E-state index is 0. The van der Waals surface area contributed by atoms with E-state index in [9.17, 15) is 4.79 Å². The molecule has 0 saturated heterocycles. The van der Waals surface area contributed by atoms with Crippen LogP contribution in [0.5, 0.6) is 0 Å². The van der Waals surface area contributed by atoms with Crippen molar-refractivity contribution < 1.29 is 9.53 Å². The molecular weight excluding hydrogens is 264 g/mol. The van der Waals surface area contributed by atoms with Gasteiger partial charge in [0.05, 0.1) is 6.10 Å². The summed E-state index contributed by atoms with van der Waals surface area (Å²) in [7, 11) is 1.92. The van der Waals surface area contributed by atoms with Crippen molar-refractivity contribution in [3.63, 3.8) is 0 Å². The second-order valence-corrected chi connectivity index (χ2v) is 5.14. The van der Waals surface area contributed by atoms with Crippen LogP contribution in [-0.4, -0.2) is 38.3 Å². The van der Waals surface area contributed by atoms with E-state index in [0.29, 0.717) is 0 Å². The first-order chi connectivity index (χ1) is 8.74. The summed E-state index contributed by atoms with van der Waals surface area (Å²) in [5, 5.41) is 5.98. The predicted molar refractivity (Wildman–Crippen MR) is 80.8 cm³/mol. The molecule has 0 aliphatic heterocycles. The maximum atomic E-state index is 11.8. The first-order valence-corrected chi connectivity index (χ1v) is 7.32. The highest BCUT2D eigenvalue weighted by Gasteiger charge is 2.19. The van der Waals surface area contributed by atoms with Gasteiger partial charge in [0.1, 0.15) is 6.10 Å². The molecule has 0 bridgehead atoms. The summed E-state index contributed by atoms with van der Waals surface area (Å²) in [5.74, 6) is 0.0235. The quantitative estimate of drug-likeness (QED) is 0.559. The fourth-order valence-corrected chi connectivity index (χ4v) is 2.35. The minimum atomic E-state index is -0.317. The van der Waals surface area contributed by atoms with E-state index in [2.05, 4.69) is 10.6 Å². The zero-order valence-electron chi connectivity index (χ0n) is 12.2. The van der Waals surface area contributed by atoms with Gasteiger partial charge in [-0.1, -0.05) is 25.7 Å². The van der Waals surface area contributed by atoms with Gasteiger partial charge >= 0.3 is 0 Å². The third kappa shape index (κ3) is 8.45. The normalized spacial score (nSPS) is 18.2. The van der Waals surface area contributed by atoms with Crippen molar-refractivity contribution in [1.82, 2.24) is 10.6 Å². The number of carbonyl (C=O) groups is 1. The van der Waals surface area contributed by atoms with Gasteiger partial charge in [-0.15, -0.1) is 12.4 Å². The van der Waals surface area contributed by atoms with Gasteiger partial charge in [0, 0.05) is 6.54 Å². The Morgan fingerprint density at radius 2 is 1.84 bits per heavy atom. The van der Waals surface area contributed by atoms with Gasteiger partial charge in [-0.3, -0.25) is 4.79 Å². The molecule has 19 heavy (non-hydrogen) atoms. The molecule has 0 aromatic rings. The second kappa shape index (κ2) is 11.5. The number of carbonyl (C=O) groups excluding carboxylic acids is 1. The standard InChI is InChI=1S/C14H28N2O2.ClH/c1-12(14(17)16-11-7-10-15-2)18-13-8-5-3-4-6-9-13;/h12-13,15H,3-11H2,1-2H3,(H,16,17);1H. The number of halogens is 1. The zero-order valence-corrected chi connectivity index (χ0v) is 13.1. The van der Waals surface area contributed by atoms with E-state index in [0.717, 1.165) is 32.4 Å². The summed E-state index contributed by atoms with van der Waals surface area (Å²) in [6.45, 7) is 3.51. The van der Waals surface area contributed by atoms with Gasteiger partial charge in [0.15, 0.2) is 0 Å². The topological polar surface area (TPSA) is 50.4 Å². The van der Waals surface area contributed by atoms with Crippen LogP contribution in [0.2, 0.25) is 0 Å². The number of amides is 1. The van der Waals surface area contributed by atoms with Crippen LogP contribution < -0.4 is 10.6 Å². The monoisotopic (exact) mass is 292 g/mol. The lowest BCUT2D eigenvalue weighted by atomic mass is 10.1. The SMILES string of the molecule is CNCCCNC(=O)C(C)OC1CCCCCC1.Cl. The third-order valence-corrected chi connectivity index (χ3v) is 3.47. The fourth-order valence-electron chi connectivity index (χ4n) is 2.35. The van der Waals surface area contributed by atoms with Crippen molar-refractivity contribution in [2.75, 3.05) is 20.1 Å². The smallest absolute Gasteiger partial charge is 0.248 e. The largest absolute Gasteiger partial charge is 0.365 e. The highest BCUT2D eigenvalue weighted by atomic mass is 35.5. The Kier molecular flexibility index (Phi) is 11.3. The van der Waals surface area contributed by atoms with Gasteiger partial charge in [0.25, 0.3) is 0 Å². The molecule has 2 N–H and O–H groups in total. The van der Waals surface area contributed by atoms with E-state index in [-0.39, 0.29) is 30.5 Å². The maximum absolute atomic E-state index is 11.8. The average Bonchev–Trinajstić information content (AvgIpc) is 2.63. The fraction of sp³-hybridized carbons (Fsp3) is 0.929. The number of ether oxygens (including phenoxy) is 1. The van der Waals surface area contributed by atoms with Gasteiger partial charge in [-0.05, 0) is 39.8 Å². The molecule has 4 nitrogen and oxygen atoms in total. The molecule has 0 spiro atoms. The summed E-state index contributed by atoms with van der Waals surface area (Å²) < 4.78 is 5.86. The van der Waals surface area contributed by atoms with Crippen LogP contribution in [0.15, 0.2) is 0 Å². The lowest BCUT2D eigenvalue weighted by molar-refractivity contribution is -0.135. The van der Waals surface area contributed by atoms with Gasteiger partial charge in [0.2, 0.25) is 5.91 Å². The van der Waals surface area contributed by atoms with E-state index >= 15 is 0 Å².